The lowest BCUT2D eigenvalue weighted by molar-refractivity contribution is 0.101. The number of benzene rings is 1. The summed E-state index contributed by atoms with van der Waals surface area (Å²) in [5, 5.41) is 10.6. The number of hydrogen-bond acceptors (Lipinski definition) is 6. The summed E-state index contributed by atoms with van der Waals surface area (Å²) in [4.78, 5) is 20.4. The highest BCUT2D eigenvalue weighted by molar-refractivity contribution is 6.03. The fraction of sp³-hybridized carbons (Fsp3) is 0.0556. The fourth-order valence-corrected chi connectivity index (χ4v) is 2.45. The quantitative estimate of drug-likeness (QED) is 0.585. The molecule has 0 aliphatic carbocycles. The Morgan fingerprint density at radius 3 is 2.85 bits per heavy atom. The summed E-state index contributed by atoms with van der Waals surface area (Å²) in [6.45, 7) is 0.382. The first-order valence-electron chi connectivity index (χ1n) is 8.00. The van der Waals surface area contributed by atoms with Crippen molar-refractivity contribution in [2.24, 2.45) is 0 Å². The topological polar surface area (TPSA) is 98.7 Å². The third-order valence-corrected chi connectivity index (χ3v) is 3.65. The number of aromatic nitrogens is 5. The Bertz CT molecular complexity index is 1080. The number of nitrogens with zero attached hydrogens (tertiary/aromatic N) is 5. The van der Waals surface area contributed by atoms with E-state index in [1.807, 2.05) is 0 Å². The number of carbonyl (C=O) groups is 1. The average Bonchev–Trinajstić information content (AvgIpc) is 3.32. The van der Waals surface area contributed by atoms with Gasteiger partial charge in [-0.05, 0) is 23.8 Å². The highest BCUT2D eigenvalue weighted by Crippen LogP contribution is 2.16. The van der Waals surface area contributed by atoms with Gasteiger partial charge in [-0.3, -0.25) is 9.48 Å². The normalized spacial score (nSPS) is 10.7. The predicted octanol–water partition coefficient (Wildman–Crippen LogP) is 2.77. The van der Waals surface area contributed by atoms with E-state index in [9.17, 15) is 9.18 Å². The van der Waals surface area contributed by atoms with Crippen molar-refractivity contribution in [1.29, 1.82) is 0 Å². The lowest BCUT2D eigenvalue weighted by atomic mass is 10.2. The first kappa shape index (κ1) is 16.6. The standard InChI is InChI=1S/C18H13FN6O2/c19-13-4-1-3-12(7-13)10-25-11-14(9-22-25)23-18(26)15-8-16(27-24-15)17-20-5-2-6-21-17/h1-9,11H,10H2,(H,23,26). The van der Waals surface area contributed by atoms with Crippen molar-refractivity contribution in [1.82, 2.24) is 24.9 Å². The van der Waals surface area contributed by atoms with E-state index in [1.54, 1.807) is 41.5 Å². The SMILES string of the molecule is O=C(Nc1cnn(Cc2cccc(F)c2)c1)c1cc(-c2ncccn2)on1. The molecular formula is C18H13FN6O2. The van der Waals surface area contributed by atoms with E-state index in [-0.39, 0.29) is 11.5 Å². The molecule has 0 spiro atoms. The van der Waals surface area contributed by atoms with Gasteiger partial charge < -0.3 is 9.84 Å². The Morgan fingerprint density at radius 1 is 1.19 bits per heavy atom. The molecule has 8 nitrogen and oxygen atoms in total. The van der Waals surface area contributed by atoms with E-state index in [1.165, 1.54) is 24.4 Å². The molecule has 1 aromatic carbocycles. The Morgan fingerprint density at radius 2 is 2.04 bits per heavy atom. The van der Waals surface area contributed by atoms with Gasteiger partial charge in [0, 0.05) is 24.7 Å². The number of nitrogens with one attached hydrogen (secondary N) is 1. The van der Waals surface area contributed by atoms with Gasteiger partial charge in [0.05, 0.1) is 18.4 Å². The van der Waals surface area contributed by atoms with Crippen molar-refractivity contribution in [2.45, 2.75) is 6.54 Å². The summed E-state index contributed by atoms with van der Waals surface area (Å²) in [7, 11) is 0. The van der Waals surface area contributed by atoms with E-state index in [0.29, 0.717) is 23.8 Å². The fourth-order valence-electron chi connectivity index (χ4n) is 2.45. The Labute approximate surface area is 152 Å². The molecule has 0 radical (unpaired) electrons. The summed E-state index contributed by atoms with van der Waals surface area (Å²) in [5.74, 6) is -0.127. The van der Waals surface area contributed by atoms with Crippen LogP contribution in [-0.4, -0.2) is 30.8 Å². The molecule has 27 heavy (non-hydrogen) atoms. The zero-order chi connectivity index (χ0) is 18.6. The zero-order valence-electron chi connectivity index (χ0n) is 13.9. The number of rotatable bonds is 5. The highest BCUT2D eigenvalue weighted by atomic mass is 19.1. The number of halogens is 1. The number of carbonyl (C=O) groups excluding carboxylic acids is 1. The highest BCUT2D eigenvalue weighted by Gasteiger charge is 2.16. The molecule has 3 heterocycles. The summed E-state index contributed by atoms with van der Waals surface area (Å²) < 4.78 is 20.0. The minimum Gasteiger partial charge on any atom is -0.352 e. The van der Waals surface area contributed by atoms with Crippen molar-refractivity contribution in [3.8, 4) is 11.6 Å². The monoisotopic (exact) mass is 364 g/mol. The van der Waals surface area contributed by atoms with Gasteiger partial charge in [-0.2, -0.15) is 5.10 Å². The molecule has 4 aromatic rings. The third-order valence-electron chi connectivity index (χ3n) is 3.65. The van der Waals surface area contributed by atoms with Crippen LogP contribution >= 0.6 is 0 Å². The molecule has 9 heteroatoms. The summed E-state index contributed by atoms with van der Waals surface area (Å²) in [6, 6.07) is 9.38. The molecular weight excluding hydrogens is 351 g/mol. The van der Waals surface area contributed by atoms with Crippen molar-refractivity contribution < 1.29 is 13.7 Å². The van der Waals surface area contributed by atoms with Crippen molar-refractivity contribution in [3.63, 3.8) is 0 Å². The predicted molar refractivity (Wildman–Crippen MR) is 93.2 cm³/mol. The molecule has 0 bridgehead atoms. The molecule has 4 rings (SSSR count). The van der Waals surface area contributed by atoms with Crippen LogP contribution in [0.15, 0.2) is 65.7 Å². The van der Waals surface area contributed by atoms with Crippen LogP contribution in [-0.2, 0) is 6.54 Å². The van der Waals surface area contributed by atoms with Gasteiger partial charge in [-0.15, -0.1) is 0 Å². The van der Waals surface area contributed by atoms with Gasteiger partial charge in [-0.1, -0.05) is 17.3 Å². The van der Waals surface area contributed by atoms with E-state index < -0.39 is 5.91 Å². The molecule has 0 atom stereocenters. The van der Waals surface area contributed by atoms with Crippen LogP contribution < -0.4 is 5.32 Å². The number of anilines is 1. The Hall–Kier alpha value is -3.88. The molecule has 1 N–H and O–H groups in total. The van der Waals surface area contributed by atoms with Crippen LogP contribution in [0.2, 0.25) is 0 Å². The first-order chi connectivity index (χ1) is 13.2. The maximum Gasteiger partial charge on any atom is 0.277 e. The van der Waals surface area contributed by atoms with Crippen molar-refractivity contribution in [2.75, 3.05) is 5.32 Å². The van der Waals surface area contributed by atoms with Gasteiger partial charge in [0.25, 0.3) is 5.91 Å². The van der Waals surface area contributed by atoms with Crippen LogP contribution in [0.1, 0.15) is 16.1 Å². The molecule has 3 aromatic heterocycles. The molecule has 0 saturated heterocycles. The van der Waals surface area contributed by atoms with Crippen LogP contribution in [0.4, 0.5) is 10.1 Å². The van der Waals surface area contributed by atoms with Gasteiger partial charge in [0.2, 0.25) is 5.76 Å². The van der Waals surface area contributed by atoms with Gasteiger partial charge in [-0.25, -0.2) is 14.4 Å². The van der Waals surface area contributed by atoms with E-state index in [2.05, 4.69) is 25.5 Å². The van der Waals surface area contributed by atoms with Crippen molar-refractivity contribution in [3.05, 3.63) is 78.3 Å². The summed E-state index contributed by atoms with van der Waals surface area (Å²) in [5.41, 5.74) is 1.34. The molecule has 0 fully saturated rings. The van der Waals surface area contributed by atoms with E-state index in [4.69, 9.17) is 4.52 Å². The molecule has 0 aliphatic heterocycles. The maximum absolute atomic E-state index is 13.2. The van der Waals surface area contributed by atoms with E-state index >= 15 is 0 Å². The van der Waals surface area contributed by atoms with Crippen LogP contribution in [0.25, 0.3) is 11.6 Å². The molecule has 1 amide bonds. The first-order valence-corrected chi connectivity index (χ1v) is 8.00. The smallest absolute Gasteiger partial charge is 0.277 e. The molecule has 0 unspecified atom stereocenters. The minimum absolute atomic E-state index is 0.0929. The van der Waals surface area contributed by atoms with Gasteiger partial charge in [0.15, 0.2) is 11.5 Å². The number of amides is 1. The number of hydrogen-bond donors (Lipinski definition) is 1. The Kier molecular flexibility index (Phi) is 4.40. The second kappa shape index (κ2) is 7.16. The van der Waals surface area contributed by atoms with Crippen LogP contribution in [0.3, 0.4) is 0 Å². The average molecular weight is 364 g/mol. The maximum atomic E-state index is 13.2. The summed E-state index contributed by atoms with van der Waals surface area (Å²) >= 11 is 0. The van der Waals surface area contributed by atoms with Gasteiger partial charge >= 0.3 is 0 Å². The second-order valence-electron chi connectivity index (χ2n) is 5.66. The zero-order valence-corrected chi connectivity index (χ0v) is 13.9. The van der Waals surface area contributed by atoms with E-state index in [0.717, 1.165) is 5.56 Å². The minimum atomic E-state index is -0.453. The molecule has 0 aliphatic rings. The summed E-state index contributed by atoms with van der Waals surface area (Å²) in [6.07, 6.45) is 6.28. The molecule has 0 saturated carbocycles. The van der Waals surface area contributed by atoms with Crippen molar-refractivity contribution >= 4 is 11.6 Å². The van der Waals surface area contributed by atoms with Gasteiger partial charge in [0.1, 0.15) is 5.82 Å². The van der Waals surface area contributed by atoms with Crippen LogP contribution in [0, 0.1) is 5.82 Å². The largest absolute Gasteiger partial charge is 0.352 e. The van der Waals surface area contributed by atoms with Crippen LogP contribution in [0.5, 0.6) is 0 Å². The Balaban J connectivity index is 1.43. The lowest BCUT2D eigenvalue weighted by Gasteiger charge is -2.01. The third kappa shape index (κ3) is 3.87. The molecule has 134 valence electrons. The lowest BCUT2D eigenvalue weighted by Crippen LogP contribution is -2.11. The second-order valence-corrected chi connectivity index (χ2v) is 5.66.